The van der Waals surface area contributed by atoms with Crippen molar-refractivity contribution in [1.82, 2.24) is 9.97 Å². The fourth-order valence-corrected chi connectivity index (χ4v) is 4.91. The molecule has 1 saturated carbocycles. The number of H-pyrrole nitrogens is 1. The fourth-order valence-electron chi connectivity index (χ4n) is 4.64. The molecule has 4 nitrogen and oxygen atoms in total. The van der Waals surface area contributed by atoms with E-state index in [9.17, 15) is 13.2 Å². The highest BCUT2D eigenvalue weighted by Gasteiger charge is 2.45. The molecule has 2 heterocycles. The number of nitrogens with one attached hydrogen (secondary N) is 1. The maximum atomic E-state index is 13.5. The smallest absolute Gasteiger partial charge is 0.388 e. The van der Waals surface area contributed by atoms with Crippen LogP contribution in [-0.4, -0.2) is 21.3 Å². The molecule has 0 atom stereocenters. The maximum Gasteiger partial charge on any atom is 0.417 e. The highest BCUT2D eigenvalue weighted by Crippen LogP contribution is 2.46. The minimum Gasteiger partial charge on any atom is -0.388 e. The number of alkyl halides is 3. The third-order valence-corrected chi connectivity index (χ3v) is 7.01. The lowest BCUT2D eigenvalue weighted by atomic mass is 9.69. The third-order valence-electron chi connectivity index (χ3n) is 6.72. The summed E-state index contributed by atoms with van der Waals surface area (Å²) < 4.78 is 40.5. The van der Waals surface area contributed by atoms with Crippen molar-refractivity contribution in [2.24, 2.45) is 10.6 Å². The number of halogens is 4. The van der Waals surface area contributed by atoms with Gasteiger partial charge < -0.3 is 9.82 Å². The number of nitrogens with zero attached hydrogens (tertiary/aromatic N) is 2. The van der Waals surface area contributed by atoms with Crippen LogP contribution < -0.4 is 0 Å². The molecule has 1 aliphatic heterocycles. The molecule has 1 aromatic heterocycles. The van der Waals surface area contributed by atoms with Gasteiger partial charge in [0.05, 0.1) is 21.6 Å². The molecule has 1 fully saturated rings. The van der Waals surface area contributed by atoms with Gasteiger partial charge in [-0.05, 0) is 60.4 Å². The molecule has 32 heavy (non-hydrogen) atoms. The number of hydrogen-bond acceptors (Lipinski definition) is 3. The van der Waals surface area contributed by atoms with E-state index in [-0.39, 0.29) is 11.2 Å². The van der Waals surface area contributed by atoms with Crippen LogP contribution >= 0.6 is 11.6 Å². The monoisotopic (exact) mass is 461 g/mol. The fraction of sp³-hybridized carbons (Fsp3) is 0.417. The Hall–Kier alpha value is -2.54. The van der Waals surface area contributed by atoms with Crippen molar-refractivity contribution in [2.75, 3.05) is 0 Å². The normalized spacial score (nSPS) is 19.9. The Balaban J connectivity index is 1.47. The number of benzene rings is 2. The summed E-state index contributed by atoms with van der Waals surface area (Å²) in [7, 11) is 0. The van der Waals surface area contributed by atoms with Crippen molar-refractivity contribution in [1.29, 1.82) is 0 Å². The Kier molecular flexibility index (Phi) is 4.82. The molecule has 5 rings (SSSR count). The highest BCUT2D eigenvalue weighted by atomic mass is 35.5. The van der Waals surface area contributed by atoms with Crippen LogP contribution in [0.3, 0.4) is 0 Å². The van der Waals surface area contributed by atoms with E-state index in [1.165, 1.54) is 18.2 Å². The second-order valence-electron chi connectivity index (χ2n) is 9.63. The van der Waals surface area contributed by atoms with Gasteiger partial charge in [0.1, 0.15) is 11.3 Å². The highest BCUT2D eigenvalue weighted by molar-refractivity contribution is 6.35. The van der Waals surface area contributed by atoms with Gasteiger partial charge in [-0.2, -0.15) is 13.2 Å². The van der Waals surface area contributed by atoms with E-state index in [1.54, 1.807) is 12.1 Å². The lowest BCUT2D eigenvalue weighted by molar-refractivity contribution is -0.137. The Labute approximate surface area is 188 Å². The molecule has 1 N–H and O–H groups in total. The van der Waals surface area contributed by atoms with Crippen molar-refractivity contribution >= 4 is 28.3 Å². The predicted octanol–water partition coefficient (Wildman–Crippen LogP) is 7.37. The van der Waals surface area contributed by atoms with E-state index in [1.807, 2.05) is 0 Å². The Morgan fingerprint density at radius 2 is 1.78 bits per heavy atom. The molecule has 8 heteroatoms. The zero-order valence-corrected chi connectivity index (χ0v) is 18.6. The number of hydrogen-bond donors (Lipinski definition) is 1. The predicted molar refractivity (Wildman–Crippen MR) is 119 cm³/mol. The van der Waals surface area contributed by atoms with Gasteiger partial charge in [-0.1, -0.05) is 48.8 Å². The number of oxime groups is 1. The third kappa shape index (κ3) is 3.76. The number of aromatic amines is 1. The van der Waals surface area contributed by atoms with Crippen LogP contribution in [0.4, 0.5) is 13.2 Å². The summed E-state index contributed by atoms with van der Waals surface area (Å²) in [6.45, 7) is 4.54. The number of fused-ring (bicyclic) bond motifs is 1. The van der Waals surface area contributed by atoms with Crippen molar-refractivity contribution in [3.63, 3.8) is 0 Å². The minimum atomic E-state index is -4.46. The molecule has 0 amide bonds. The first kappa shape index (κ1) is 21.3. The minimum absolute atomic E-state index is 0.0682. The second-order valence-corrected chi connectivity index (χ2v) is 10.0. The molecule has 1 aliphatic carbocycles. The molecule has 0 saturated heterocycles. The second kappa shape index (κ2) is 7.24. The largest absolute Gasteiger partial charge is 0.417 e. The van der Waals surface area contributed by atoms with Gasteiger partial charge >= 0.3 is 6.18 Å². The van der Waals surface area contributed by atoms with Gasteiger partial charge in [-0.15, -0.1) is 0 Å². The zero-order chi connectivity index (χ0) is 22.7. The quantitative estimate of drug-likeness (QED) is 0.433. The SMILES string of the molecule is CC1(C)CCC2(CC1)CC(c1nc3cc(-c4ccccc4C(F)(F)F)cc(Cl)c3[nH]1)=NO2. The van der Waals surface area contributed by atoms with Crippen LogP contribution in [0.25, 0.3) is 22.2 Å². The van der Waals surface area contributed by atoms with E-state index in [0.29, 0.717) is 45.0 Å². The van der Waals surface area contributed by atoms with E-state index in [2.05, 4.69) is 29.0 Å². The van der Waals surface area contributed by atoms with Crippen molar-refractivity contribution in [3.8, 4) is 11.1 Å². The van der Waals surface area contributed by atoms with Crippen LogP contribution in [0.1, 0.15) is 57.3 Å². The first-order valence-corrected chi connectivity index (χ1v) is 11.0. The van der Waals surface area contributed by atoms with E-state index in [0.717, 1.165) is 31.7 Å². The standard InChI is InChI=1S/C24H23ClF3N3O/c1-22(2)7-9-23(10-8-22)13-19(31-32-23)21-29-18-12-14(11-17(25)20(18)30-21)15-5-3-4-6-16(15)24(26,27)28/h3-6,11-12H,7-10,13H2,1-2H3,(H,29,30). The van der Waals surface area contributed by atoms with Crippen LogP contribution in [0.2, 0.25) is 5.02 Å². The topological polar surface area (TPSA) is 50.3 Å². The van der Waals surface area contributed by atoms with E-state index < -0.39 is 11.7 Å². The molecule has 0 bridgehead atoms. The van der Waals surface area contributed by atoms with Crippen LogP contribution in [0.15, 0.2) is 41.6 Å². The van der Waals surface area contributed by atoms with Crippen molar-refractivity contribution in [2.45, 2.75) is 57.7 Å². The number of rotatable bonds is 2. The van der Waals surface area contributed by atoms with Gasteiger partial charge in [0.25, 0.3) is 0 Å². The molecular formula is C24H23ClF3N3O. The van der Waals surface area contributed by atoms with Crippen molar-refractivity contribution in [3.05, 3.63) is 52.8 Å². The molecule has 3 aromatic rings. The summed E-state index contributed by atoms with van der Waals surface area (Å²) in [6.07, 6.45) is 0.212. The molecule has 2 aromatic carbocycles. The average molecular weight is 462 g/mol. The molecule has 0 radical (unpaired) electrons. The number of imidazole rings is 1. The summed E-state index contributed by atoms with van der Waals surface area (Å²) in [4.78, 5) is 13.7. The average Bonchev–Trinajstić information content (AvgIpc) is 3.35. The maximum absolute atomic E-state index is 13.5. The first-order valence-electron chi connectivity index (χ1n) is 10.7. The summed E-state index contributed by atoms with van der Waals surface area (Å²) >= 11 is 6.45. The molecular weight excluding hydrogens is 439 g/mol. The van der Waals surface area contributed by atoms with Gasteiger partial charge in [-0.3, -0.25) is 0 Å². The van der Waals surface area contributed by atoms with Gasteiger partial charge in [0, 0.05) is 6.42 Å². The summed E-state index contributed by atoms with van der Waals surface area (Å²) in [5.41, 5.74) is 1.53. The van der Waals surface area contributed by atoms with E-state index >= 15 is 0 Å². The van der Waals surface area contributed by atoms with Gasteiger partial charge in [-0.25, -0.2) is 4.98 Å². The van der Waals surface area contributed by atoms with Crippen molar-refractivity contribution < 1.29 is 18.0 Å². The molecule has 2 aliphatic rings. The summed E-state index contributed by atoms with van der Waals surface area (Å²) in [5.74, 6) is 0.546. The Bertz CT molecular complexity index is 1220. The van der Waals surface area contributed by atoms with E-state index in [4.69, 9.17) is 16.4 Å². The lowest BCUT2D eigenvalue weighted by Crippen LogP contribution is -2.37. The lowest BCUT2D eigenvalue weighted by Gasteiger charge is -2.39. The summed E-state index contributed by atoms with van der Waals surface area (Å²) in [5, 5.41) is 4.62. The van der Waals surface area contributed by atoms with Crippen LogP contribution in [-0.2, 0) is 11.0 Å². The van der Waals surface area contributed by atoms with Crippen LogP contribution in [0, 0.1) is 5.41 Å². The van der Waals surface area contributed by atoms with Gasteiger partial charge in [0.15, 0.2) is 5.82 Å². The molecule has 168 valence electrons. The zero-order valence-electron chi connectivity index (χ0n) is 17.8. The Morgan fingerprint density at radius 1 is 1.06 bits per heavy atom. The summed E-state index contributed by atoms with van der Waals surface area (Å²) in [6, 6.07) is 8.62. The number of aromatic nitrogens is 2. The van der Waals surface area contributed by atoms with Crippen LogP contribution in [0.5, 0.6) is 0 Å². The Morgan fingerprint density at radius 3 is 2.50 bits per heavy atom. The van der Waals surface area contributed by atoms with Gasteiger partial charge in [0.2, 0.25) is 0 Å². The molecule has 1 spiro atoms. The molecule has 0 unspecified atom stereocenters. The first-order chi connectivity index (χ1) is 15.1.